The third-order valence-corrected chi connectivity index (χ3v) is 10.7. The smallest absolute Gasteiger partial charge is 0.312 e. The number of carboxylic acids is 1. The number of carbonyl (C=O) groups excluding carboxylic acids is 2. The second-order valence-electron chi connectivity index (χ2n) is 12.3. The maximum atomic E-state index is 14.0. The fourth-order valence-electron chi connectivity index (χ4n) is 6.97. The lowest BCUT2D eigenvalue weighted by molar-refractivity contribution is -0.142. The highest BCUT2D eigenvalue weighted by Gasteiger charge is 2.61. The van der Waals surface area contributed by atoms with Crippen LogP contribution >= 0.6 is 11.8 Å². The van der Waals surface area contributed by atoms with Gasteiger partial charge < -0.3 is 25.3 Å². The summed E-state index contributed by atoms with van der Waals surface area (Å²) in [6.45, 7) is 4.48. The summed E-state index contributed by atoms with van der Waals surface area (Å²) in [6, 6.07) is 7.64. The van der Waals surface area contributed by atoms with E-state index >= 15 is 0 Å². The summed E-state index contributed by atoms with van der Waals surface area (Å²) in [6.07, 6.45) is 12.1. The van der Waals surface area contributed by atoms with Crippen LogP contribution in [0.2, 0.25) is 0 Å². The van der Waals surface area contributed by atoms with Crippen molar-refractivity contribution in [3.63, 3.8) is 0 Å². The molecule has 2 amide bonds. The molecule has 4 aliphatic rings. The molecule has 8 nitrogen and oxygen atoms in total. The maximum Gasteiger partial charge on any atom is 0.312 e. The lowest BCUT2D eigenvalue weighted by atomic mass is 9.73. The van der Waals surface area contributed by atoms with Crippen LogP contribution in [0.4, 0.5) is 5.69 Å². The number of piperidine rings is 1. The van der Waals surface area contributed by atoms with E-state index in [9.17, 15) is 24.6 Å². The summed E-state index contributed by atoms with van der Waals surface area (Å²) >= 11 is 1.37. The molecule has 3 N–H and O–H groups in total. The number of carbonyl (C=O) groups is 3. The Morgan fingerprint density at radius 3 is 2.70 bits per heavy atom. The first kappa shape index (κ1) is 29.1. The largest absolute Gasteiger partial charge is 0.481 e. The Hall–Kier alpha value is -2.36. The molecule has 0 bridgehead atoms. The zero-order valence-electron chi connectivity index (χ0n) is 23.5. The van der Waals surface area contributed by atoms with Crippen LogP contribution in [0.1, 0.15) is 63.9 Å². The van der Waals surface area contributed by atoms with Crippen LogP contribution in [0.5, 0.6) is 0 Å². The molecule has 5 rings (SSSR count). The minimum Gasteiger partial charge on any atom is -0.481 e. The van der Waals surface area contributed by atoms with Crippen LogP contribution in [0.3, 0.4) is 0 Å². The topological polar surface area (TPSA) is 110 Å². The number of β-amino-alcohol motifs (C(OH)–C–C–N with tert-alkyl or cyclic N) is 1. The normalized spacial score (nSPS) is 29.4. The highest BCUT2D eigenvalue weighted by molar-refractivity contribution is 7.99. The van der Waals surface area contributed by atoms with Gasteiger partial charge in [0.2, 0.25) is 11.8 Å². The number of thioether (sulfide) groups is 1. The number of hydrogen-bond acceptors (Lipinski definition) is 6. The fraction of sp³-hybridized carbons (Fsp3) is 0.645. The summed E-state index contributed by atoms with van der Waals surface area (Å²) in [5, 5.41) is 23.4. The predicted molar refractivity (Wildman–Crippen MR) is 157 cm³/mol. The van der Waals surface area contributed by atoms with Gasteiger partial charge in [0.05, 0.1) is 23.5 Å². The van der Waals surface area contributed by atoms with Gasteiger partial charge in [0.1, 0.15) is 0 Å². The molecular formula is C31H43N3O5S. The van der Waals surface area contributed by atoms with Gasteiger partial charge >= 0.3 is 5.97 Å². The molecule has 1 saturated carbocycles. The van der Waals surface area contributed by atoms with E-state index in [1.54, 1.807) is 4.90 Å². The van der Waals surface area contributed by atoms with Crippen molar-refractivity contribution in [3.8, 4) is 0 Å². The van der Waals surface area contributed by atoms with Crippen molar-refractivity contribution in [2.45, 2.75) is 75.9 Å². The number of aliphatic hydroxyl groups is 1. The zero-order valence-corrected chi connectivity index (χ0v) is 24.3. The quantitative estimate of drug-likeness (QED) is 0.370. The Bertz CT molecular complexity index is 1130. The maximum absolute atomic E-state index is 14.0. The Morgan fingerprint density at radius 2 is 1.95 bits per heavy atom. The molecule has 0 radical (unpaired) electrons. The van der Waals surface area contributed by atoms with Gasteiger partial charge in [0, 0.05) is 36.7 Å². The van der Waals surface area contributed by atoms with Crippen molar-refractivity contribution >= 4 is 35.2 Å². The van der Waals surface area contributed by atoms with E-state index in [1.165, 1.54) is 44.4 Å². The lowest BCUT2D eigenvalue weighted by Gasteiger charge is -2.40. The summed E-state index contributed by atoms with van der Waals surface area (Å²) in [5.74, 6) is 0.250. The molecule has 2 aliphatic heterocycles. The summed E-state index contributed by atoms with van der Waals surface area (Å²) in [4.78, 5) is 41.5. The first-order chi connectivity index (χ1) is 19.2. The molecule has 4 unspecified atom stereocenters. The van der Waals surface area contributed by atoms with Crippen molar-refractivity contribution < 1.29 is 24.6 Å². The number of amides is 2. The van der Waals surface area contributed by atoms with E-state index < -0.39 is 22.9 Å². The molecular weight excluding hydrogens is 526 g/mol. The summed E-state index contributed by atoms with van der Waals surface area (Å²) < 4.78 is 0. The number of para-hydroxylation sites is 1. The molecule has 1 aromatic rings. The number of benzene rings is 1. The minimum atomic E-state index is -0.976. The summed E-state index contributed by atoms with van der Waals surface area (Å²) in [7, 11) is 0. The number of allylic oxidation sites excluding steroid dienone is 2. The first-order valence-corrected chi connectivity index (χ1v) is 16.0. The van der Waals surface area contributed by atoms with Gasteiger partial charge in [-0.3, -0.25) is 14.4 Å². The van der Waals surface area contributed by atoms with Crippen LogP contribution < -0.4 is 10.2 Å². The highest BCUT2D eigenvalue weighted by Crippen LogP contribution is 2.50. The van der Waals surface area contributed by atoms with Crippen LogP contribution in [-0.2, 0) is 19.8 Å². The van der Waals surface area contributed by atoms with Gasteiger partial charge in [-0.05, 0) is 75.6 Å². The first-order valence-electron chi connectivity index (χ1n) is 14.8. The minimum absolute atomic E-state index is 0.0845. The van der Waals surface area contributed by atoms with Crippen molar-refractivity contribution in [1.29, 1.82) is 0 Å². The summed E-state index contributed by atoms with van der Waals surface area (Å²) in [5.41, 5.74) is 0.462. The van der Waals surface area contributed by atoms with E-state index in [4.69, 9.17) is 0 Å². The number of hydrogen-bond donors (Lipinski definition) is 3. The number of aliphatic carboxylic acids is 1. The molecule has 2 heterocycles. The standard InChI is InChI=1S/C31H43N3O5S/c1-22(35)32-27-17-31(27,29(38)39)21-40-20-24(36)19-34-26-12-8-7-11-25(26)30(28(34)37)13-15-33(16-14-30)18-23-9-5-3-2-4-6-10-23/h3,5,7-8,11-12,23-24,27,36H,2,4,6,9-10,13-21H2,1H3,(H,32,35)(H,38,39)/b5-3-. The van der Waals surface area contributed by atoms with E-state index in [0.717, 1.165) is 50.1 Å². The molecule has 4 atom stereocenters. The Balaban J connectivity index is 1.18. The SMILES string of the molecule is CC(=O)NC1CC1(CSCC(O)CN1C(=O)C2(CCN(CC3C/C=C\CCCC3)CC2)c2ccccc21)C(=O)O. The monoisotopic (exact) mass is 569 g/mol. The van der Waals surface area contributed by atoms with Gasteiger partial charge in [0.15, 0.2) is 0 Å². The predicted octanol–water partition coefficient (Wildman–Crippen LogP) is 3.58. The van der Waals surface area contributed by atoms with Crippen molar-refractivity contribution in [2.75, 3.05) is 42.6 Å². The van der Waals surface area contributed by atoms with Crippen LogP contribution in [-0.4, -0.2) is 82.7 Å². The Morgan fingerprint density at radius 1 is 1.18 bits per heavy atom. The average molecular weight is 570 g/mol. The number of nitrogens with one attached hydrogen (secondary N) is 1. The Kier molecular flexibility index (Phi) is 8.92. The van der Waals surface area contributed by atoms with Crippen LogP contribution in [0.25, 0.3) is 0 Å². The van der Waals surface area contributed by atoms with Crippen LogP contribution in [0, 0.1) is 11.3 Å². The third-order valence-electron chi connectivity index (χ3n) is 9.40. The second-order valence-corrected chi connectivity index (χ2v) is 13.3. The number of likely N-dealkylation sites (tertiary alicyclic amines) is 1. The second kappa shape index (κ2) is 12.2. The fourth-order valence-corrected chi connectivity index (χ4v) is 8.27. The number of fused-ring (bicyclic) bond motifs is 2. The van der Waals surface area contributed by atoms with Gasteiger partial charge in [-0.2, -0.15) is 11.8 Å². The van der Waals surface area contributed by atoms with E-state index in [2.05, 4.69) is 28.4 Å². The van der Waals surface area contributed by atoms with Gasteiger partial charge in [-0.15, -0.1) is 0 Å². The number of anilines is 1. The molecule has 9 heteroatoms. The van der Waals surface area contributed by atoms with E-state index in [0.29, 0.717) is 23.8 Å². The number of carboxylic acid groups (broad SMARTS) is 1. The Labute approximate surface area is 241 Å². The molecule has 40 heavy (non-hydrogen) atoms. The van der Waals surface area contributed by atoms with Gasteiger partial charge in [-0.25, -0.2) is 0 Å². The number of nitrogens with zero attached hydrogens (tertiary/aromatic N) is 2. The number of rotatable bonds is 10. The average Bonchev–Trinajstić information content (AvgIpc) is 3.56. The van der Waals surface area contributed by atoms with Gasteiger partial charge in [0.25, 0.3) is 0 Å². The van der Waals surface area contributed by atoms with Crippen molar-refractivity contribution in [2.24, 2.45) is 11.3 Å². The number of aliphatic hydroxyl groups excluding tert-OH is 1. The molecule has 218 valence electrons. The molecule has 1 saturated heterocycles. The zero-order chi connectivity index (χ0) is 28.3. The molecule has 0 aromatic heterocycles. The lowest BCUT2D eigenvalue weighted by Crippen LogP contribution is -2.50. The highest BCUT2D eigenvalue weighted by atomic mass is 32.2. The van der Waals surface area contributed by atoms with Crippen molar-refractivity contribution in [3.05, 3.63) is 42.0 Å². The molecule has 1 aromatic carbocycles. The van der Waals surface area contributed by atoms with E-state index in [1.807, 2.05) is 18.2 Å². The van der Waals surface area contributed by atoms with E-state index in [-0.39, 0.29) is 24.4 Å². The molecule has 2 aliphatic carbocycles. The molecule has 1 spiro atoms. The van der Waals surface area contributed by atoms with Crippen molar-refractivity contribution in [1.82, 2.24) is 10.2 Å². The van der Waals surface area contributed by atoms with Crippen LogP contribution in [0.15, 0.2) is 36.4 Å². The third kappa shape index (κ3) is 5.97. The molecule has 2 fully saturated rings. The van der Waals surface area contributed by atoms with Gasteiger partial charge in [-0.1, -0.05) is 36.8 Å².